The molecule has 1 aromatic heterocycles. The van der Waals surface area contributed by atoms with Gasteiger partial charge in [0.25, 0.3) is 0 Å². The minimum atomic E-state index is -0.945. The van der Waals surface area contributed by atoms with Gasteiger partial charge in [-0.25, -0.2) is 18.7 Å². The molecule has 2 N–H and O–H groups in total. The Bertz CT molecular complexity index is 1120. The second-order valence-corrected chi connectivity index (χ2v) is 7.11. The van der Waals surface area contributed by atoms with Crippen molar-refractivity contribution in [2.45, 2.75) is 20.0 Å². The summed E-state index contributed by atoms with van der Waals surface area (Å²) in [4.78, 5) is 26.0. The lowest BCUT2D eigenvalue weighted by atomic mass is 10.1. The first-order valence-corrected chi connectivity index (χ1v) is 9.59. The maximum Gasteiger partial charge on any atom is 0.232 e. The number of aromatic nitrogens is 3. The fourth-order valence-corrected chi connectivity index (χ4v) is 3.14. The molecule has 2 heterocycles. The monoisotopic (exact) mass is 426 g/mol. The average molecular weight is 426 g/mol. The smallest absolute Gasteiger partial charge is 0.232 e. The van der Waals surface area contributed by atoms with Crippen LogP contribution < -0.4 is 20.3 Å². The summed E-state index contributed by atoms with van der Waals surface area (Å²) in [5.41, 5.74) is 2.31. The SMILES string of the molecule is CC(=O)Nc1cccc(Nc2ncnc(N3CC(Oc4ccc(F)c(F)c4)C3)n2)c1C. The Morgan fingerprint density at radius 2 is 1.90 bits per heavy atom. The third-order valence-corrected chi connectivity index (χ3v) is 4.77. The minimum Gasteiger partial charge on any atom is -0.487 e. The highest BCUT2D eigenvalue weighted by Gasteiger charge is 2.31. The van der Waals surface area contributed by atoms with Gasteiger partial charge in [0, 0.05) is 24.4 Å². The molecule has 3 aromatic rings. The average Bonchev–Trinajstić information content (AvgIpc) is 2.70. The van der Waals surface area contributed by atoms with Gasteiger partial charge in [-0.15, -0.1) is 0 Å². The highest BCUT2D eigenvalue weighted by Crippen LogP contribution is 2.27. The molecule has 2 aromatic carbocycles. The van der Waals surface area contributed by atoms with Gasteiger partial charge in [-0.3, -0.25) is 4.79 Å². The first-order chi connectivity index (χ1) is 14.9. The number of carbonyl (C=O) groups excluding carboxylic acids is 1. The molecule has 1 fully saturated rings. The van der Waals surface area contributed by atoms with Gasteiger partial charge in [0.2, 0.25) is 17.8 Å². The summed E-state index contributed by atoms with van der Waals surface area (Å²) in [6, 6.07) is 8.95. The topological polar surface area (TPSA) is 92.3 Å². The Balaban J connectivity index is 1.39. The Hall–Kier alpha value is -3.82. The van der Waals surface area contributed by atoms with Crippen LogP contribution in [0.25, 0.3) is 0 Å². The van der Waals surface area contributed by atoms with Crippen molar-refractivity contribution >= 4 is 29.2 Å². The van der Waals surface area contributed by atoms with Crippen LogP contribution in [0.4, 0.5) is 32.1 Å². The summed E-state index contributed by atoms with van der Waals surface area (Å²) in [5, 5.41) is 5.92. The van der Waals surface area contributed by atoms with Crippen LogP contribution in [0, 0.1) is 18.6 Å². The molecule has 1 saturated heterocycles. The molecule has 0 aliphatic carbocycles. The predicted molar refractivity (Wildman–Crippen MR) is 112 cm³/mol. The molecule has 0 radical (unpaired) electrons. The van der Waals surface area contributed by atoms with E-state index in [4.69, 9.17) is 4.74 Å². The fraction of sp³-hybridized carbons (Fsp3) is 0.238. The lowest BCUT2D eigenvalue weighted by molar-refractivity contribution is -0.114. The van der Waals surface area contributed by atoms with Gasteiger partial charge in [-0.1, -0.05) is 6.07 Å². The lowest BCUT2D eigenvalue weighted by Crippen LogP contribution is -2.54. The van der Waals surface area contributed by atoms with Gasteiger partial charge >= 0.3 is 0 Å². The van der Waals surface area contributed by atoms with Gasteiger partial charge < -0.3 is 20.3 Å². The molecule has 1 aliphatic heterocycles. The molecule has 8 nitrogen and oxygen atoms in total. The number of benzene rings is 2. The predicted octanol–water partition coefficient (Wildman–Crippen LogP) is 3.43. The van der Waals surface area contributed by atoms with Gasteiger partial charge in [0.15, 0.2) is 11.6 Å². The first-order valence-electron chi connectivity index (χ1n) is 9.59. The summed E-state index contributed by atoms with van der Waals surface area (Å²) < 4.78 is 32.0. The molecule has 1 amide bonds. The Labute approximate surface area is 177 Å². The van der Waals surface area contributed by atoms with Crippen molar-refractivity contribution in [2.75, 3.05) is 28.6 Å². The molecule has 0 unspecified atom stereocenters. The number of nitrogens with one attached hydrogen (secondary N) is 2. The summed E-state index contributed by atoms with van der Waals surface area (Å²) in [7, 11) is 0. The maximum absolute atomic E-state index is 13.3. The van der Waals surface area contributed by atoms with Crippen LogP contribution in [0.15, 0.2) is 42.7 Å². The van der Waals surface area contributed by atoms with Crippen LogP contribution in [0.2, 0.25) is 0 Å². The van der Waals surface area contributed by atoms with E-state index < -0.39 is 11.6 Å². The molecule has 0 bridgehead atoms. The van der Waals surface area contributed by atoms with Crippen molar-refractivity contribution in [3.05, 3.63) is 59.9 Å². The highest BCUT2D eigenvalue weighted by atomic mass is 19.2. The second kappa shape index (κ2) is 8.50. The number of anilines is 4. The van der Waals surface area contributed by atoms with Crippen molar-refractivity contribution in [1.29, 1.82) is 0 Å². The molecule has 1 aliphatic rings. The van der Waals surface area contributed by atoms with E-state index in [9.17, 15) is 13.6 Å². The van der Waals surface area contributed by atoms with Gasteiger partial charge in [0.05, 0.1) is 13.1 Å². The van der Waals surface area contributed by atoms with E-state index >= 15 is 0 Å². The minimum absolute atomic E-state index is 0.152. The molecule has 0 saturated carbocycles. The van der Waals surface area contributed by atoms with E-state index in [2.05, 4.69) is 25.6 Å². The molecular formula is C21H20F2N6O2. The number of nitrogens with zero attached hydrogens (tertiary/aromatic N) is 4. The fourth-order valence-electron chi connectivity index (χ4n) is 3.14. The number of hydrogen-bond donors (Lipinski definition) is 2. The molecular weight excluding hydrogens is 406 g/mol. The van der Waals surface area contributed by atoms with Gasteiger partial charge in [-0.2, -0.15) is 4.98 Å². The van der Waals surface area contributed by atoms with Crippen LogP contribution in [0.5, 0.6) is 5.75 Å². The number of halogens is 2. The third-order valence-electron chi connectivity index (χ3n) is 4.77. The van der Waals surface area contributed by atoms with Gasteiger partial charge in [0.1, 0.15) is 18.2 Å². The lowest BCUT2D eigenvalue weighted by Gasteiger charge is -2.38. The quantitative estimate of drug-likeness (QED) is 0.624. The van der Waals surface area contributed by atoms with Crippen molar-refractivity contribution in [3.63, 3.8) is 0 Å². The second-order valence-electron chi connectivity index (χ2n) is 7.11. The number of carbonyl (C=O) groups is 1. The van der Waals surface area contributed by atoms with Crippen molar-refractivity contribution in [2.24, 2.45) is 0 Å². The van der Waals surface area contributed by atoms with Crippen LogP contribution in [-0.2, 0) is 4.79 Å². The number of hydrogen-bond acceptors (Lipinski definition) is 7. The summed E-state index contributed by atoms with van der Waals surface area (Å²) in [6.45, 7) is 4.33. The van der Waals surface area contributed by atoms with E-state index in [1.807, 2.05) is 30.0 Å². The Kier molecular flexibility index (Phi) is 5.61. The van der Waals surface area contributed by atoms with E-state index in [0.29, 0.717) is 30.7 Å². The largest absolute Gasteiger partial charge is 0.487 e. The number of rotatable bonds is 6. The summed E-state index contributed by atoms with van der Waals surface area (Å²) >= 11 is 0. The standard InChI is InChI=1S/C21H20F2N6O2/c1-12-18(26-13(2)30)4-3-5-19(12)27-20-24-11-25-21(28-20)29-9-15(10-29)31-14-6-7-16(22)17(23)8-14/h3-8,11,15H,9-10H2,1-2H3,(H,26,30)(H,24,25,27,28). The van der Waals surface area contributed by atoms with Crippen LogP contribution >= 0.6 is 0 Å². The number of amides is 1. The van der Waals surface area contributed by atoms with Crippen LogP contribution in [0.3, 0.4) is 0 Å². The molecule has 4 rings (SSSR count). The van der Waals surface area contributed by atoms with E-state index in [1.54, 1.807) is 0 Å². The van der Waals surface area contributed by atoms with E-state index in [-0.39, 0.29) is 17.8 Å². The van der Waals surface area contributed by atoms with E-state index in [1.165, 1.54) is 19.3 Å². The summed E-state index contributed by atoms with van der Waals surface area (Å²) in [6.07, 6.45) is 1.22. The van der Waals surface area contributed by atoms with E-state index in [0.717, 1.165) is 23.4 Å². The van der Waals surface area contributed by atoms with Crippen LogP contribution in [-0.4, -0.2) is 40.1 Å². The van der Waals surface area contributed by atoms with Crippen molar-refractivity contribution < 1.29 is 18.3 Å². The molecule has 160 valence electrons. The third kappa shape index (κ3) is 4.68. The van der Waals surface area contributed by atoms with Crippen molar-refractivity contribution in [1.82, 2.24) is 15.0 Å². The van der Waals surface area contributed by atoms with Gasteiger partial charge in [-0.05, 0) is 36.8 Å². The zero-order valence-corrected chi connectivity index (χ0v) is 16.9. The Morgan fingerprint density at radius 1 is 1.13 bits per heavy atom. The summed E-state index contributed by atoms with van der Waals surface area (Å²) in [5.74, 6) is -0.904. The van der Waals surface area contributed by atoms with Crippen molar-refractivity contribution in [3.8, 4) is 5.75 Å². The molecule has 0 atom stereocenters. The van der Waals surface area contributed by atoms with Crippen LogP contribution in [0.1, 0.15) is 12.5 Å². The molecule has 31 heavy (non-hydrogen) atoms. The zero-order valence-electron chi connectivity index (χ0n) is 16.9. The first kappa shape index (κ1) is 20.5. The molecule has 10 heteroatoms. The maximum atomic E-state index is 13.3. The Morgan fingerprint density at radius 3 is 2.65 bits per heavy atom. The zero-order chi connectivity index (χ0) is 22.0. The number of ether oxygens (including phenoxy) is 1. The highest BCUT2D eigenvalue weighted by molar-refractivity contribution is 5.90. The molecule has 0 spiro atoms. The normalized spacial score (nSPS) is 13.5.